The lowest BCUT2D eigenvalue weighted by Gasteiger charge is -2.10. The molecule has 0 bridgehead atoms. The number of amides is 1. The van der Waals surface area contributed by atoms with Crippen molar-refractivity contribution in [3.8, 4) is 11.1 Å². The quantitative estimate of drug-likeness (QED) is 0.499. The zero-order chi connectivity index (χ0) is 20.3. The first-order chi connectivity index (χ1) is 14.0. The molecule has 3 aromatic carbocycles. The summed E-state index contributed by atoms with van der Waals surface area (Å²) in [6, 6.07) is 22.8. The molecule has 1 amide bonds. The molecule has 1 aromatic heterocycles. The predicted molar refractivity (Wildman–Crippen MR) is 111 cm³/mol. The molecule has 0 aliphatic rings. The van der Waals surface area contributed by atoms with E-state index in [2.05, 4.69) is 15.2 Å². The summed E-state index contributed by atoms with van der Waals surface area (Å²) in [5.74, 6) is -0.555. The maximum atomic E-state index is 12.6. The van der Waals surface area contributed by atoms with E-state index >= 15 is 0 Å². The summed E-state index contributed by atoms with van der Waals surface area (Å²) in [5.41, 5.74) is 4.27. The third-order valence-corrected chi connectivity index (χ3v) is 5.70. The number of sulfonamides is 1. The monoisotopic (exact) mass is 403 g/mol. The van der Waals surface area contributed by atoms with Crippen LogP contribution in [0.3, 0.4) is 0 Å². The van der Waals surface area contributed by atoms with E-state index < -0.39 is 15.9 Å². The van der Waals surface area contributed by atoms with Gasteiger partial charge in [-0.1, -0.05) is 48.5 Å². The predicted octanol–water partition coefficient (Wildman–Crippen LogP) is 3.53. The highest BCUT2D eigenvalue weighted by atomic mass is 32.2. The van der Waals surface area contributed by atoms with Crippen LogP contribution in [0.15, 0.2) is 96.2 Å². The molecule has 2 N–H and O–H groups in total. The van der Waals surface area contributed by atoms with Gasteiger partial charge in [-0.05, 0) is 46.7 Å². The smallest absolute Gasteiger partial charge is 0.266 e. The first kappa shape index (κ1) is 18.8. The zero-order valence-corrected chi connectivity index (χ0v) is 16.1. The number of nitrogens with zero attached hydrogens (tertiary/aromatic N) is 1. The lowest BCUT2D eigenvalue weighted by atomic mass is 10.0. The van der Waals surface area contributed by atoms with E-state index in [0.717, 1.165) is 21.9 Å². The molecule has 1 heterocycles. The van der Waals surface area contributed by atoms with Crippen LogP contribution in [0.2, 0.25) is 0 Å². The second kappa shape index (κ2) is 7.83. The van der Waals surface area contributed by atoms with Crippen LogP contribution in [0, 0.1) is 0 Å². The first-order valence-electron chi connectivity index (χ1n) is 8.84. The van der Waals surface area contributed by atoms with Gasteiger partial charge in [-0.2, -0.15) is 0 Å². The molecule has 0 saturated heterocycles. The van der Waals surface area contributed by atoms with Crippen LogP contribution in [-0.4, -0.2) is 19.3 Å². The highest BCUT2D eigenvalue weighted by molar-refractivity contribution is 7.89. The number of hydrazine groups is 1. The third kappa shape index (κ3) is 4.16. The van der Waals surface area contributed by atoms with Gasteiger partial charge in [0.05, 0.1) is 4.90 Å². The molecule has 0 saturated carbocycles. The van der Waals surface area contributed by atoms with Crippen molar-refractivity contribution in [3.05, 3.63) is 96.8 Å². The minimum Gasteiger partial charge on any atom is -0.273 e. The molecule has 29 heavy (non-hydrogen) atoms. The minimum atomic E-state index is -3.91. The number of hydrogen-bond donors (Lipinski definition) is 2. The van der Waals surface area contributed by atoms with Crippen molar-refractivity contribution in [3.63, 3.8) is 0 Å². The number of pyridine rings is 1. The molecule has 0 aliphatic heterocycles. The Morgan fingerprint density at radius 1 is 0.793 bits per heavy atom. The number of rotatable bonds is 5. The molecule has 144 valence electrons. The minimum absolute atomic E-state index is 0.0700. The molecule has 0 fully saturated rings. The Kier molecular flexibility index (Phi) is 5.07. The second-order valence-electron chi connectivity index (χ2n) is 6.39. The van der Waals surface area contributed by atoms with Crippen LogP contribution in [0.4, 0.5) is 0 Å². The molecule has 4 rings (SSSR count). The van der Waals surface area contributed by atoms with Gasteiger partial charge in [0.1, 0.15) is 0 Å². The third-order valence-electron chi connectivity index (χ3n) is 4.45. The Balaban J connectivity index is 1.51. The lowest BCUT2D eigenvalue weighted by molar-refractivity contribution is 0.0945. The van der Waals surface area contributed by atoms with Crippen molar-refractivity contribution in [2.45, 2.75) is 4.90 Å². The van der Waals surface area contributed by atoms with Gasteiger partial charge in [-0.3, -0.25) is 15.2 Å². The van der Waals surface area contributed by atoms with Crippen LogP contribution in [0.1, 0.15) is 10.4 Å². The number of carbonyl (C=O) groups excluding carboxylic acids is 1. The van der Waals surface area contributed by atoms with E-state index in [0.29, 0.717) is 5.56 Å². The van der Waals surface area contributed by atoms with Crippen molar-refractivity contribution in [2.75, 3.05) is 0 Å². The molecular weight excluding hydrogens is 386 g/mol. The summed E-state index contributed by atoms with van der Waals surface area (Å²) in [5, 5.41) is 1.73. The Hall–Kier alpha value is -3.55. The van der Waals surface area contributed by atoms with E-state index in [4.69, 9.17) is 0 Å². The standard InChI is InChI=1S/C22H17N3O3S/c26-22(19-8-3-7-17(13-19)20-9-4-12-23-15-20)24-25-29(27,28)21-11-10-16-5-1-2-6-18(16)14-21/h1-15,25H,(H,24,26). The van der Waals surface area contributed by atoms with Crippen molar-refractivity contribution in [1.82, 2.24) is 15.2 Å². The summed E-state index contributed by atoms with van der Waals surface area (Å²) in [6.07, 6.45) is 3.36. The van der Waals surface area contributed by atoms with E-state index in [1.807, 2.05) is 36.4 Å². The fourth-order valence-electron chi connectivity index (χ4n) is 2.95. The average Bonchev–Trinajstić information content (AvgIpc) is 2.78. The van der Waals surface area contributed by atoms with E-state index in [1.165, 1.54) is 6.07 Å². The van der Waals surface area contributed by atoms with Crippen LogP contribution >= 0.6 is 0 Å². The molecular formula is C22H17N3O3S. The average molecular weight is 403 g/mol. The molecule has 6 nitrogen and oxygen atoms in total. The summed E-state index contributed by atoms with van der Waals surface area (Å²) in [4.78, 5) is 18.8. The van der Waals surface area contributed by atoms with Crippen molar-refractivity contribution < 1.29 is 13.2 Å². The number of nitrogens with one attached hydrogen (secondary N) is 2. The van der Waals surface area contributed by atoms with Gasteiger partial charge in [0, 0.05) is 23.5 Å². The maximum absolute atomic E-state index is 12.6. The van der Waals surface area contributed by atoms with Crippen molar-refractivity contribution in [1.29, 1.82) is 0 Å². The fourth-order valence-corrected chi connectivity index (χ4v) is 3.83. The fraction of sp³-hybridized carbons (Fsp3) is 0. The second-order valence-corrected chi connectivity index (χ2v) is 8.07. The number of benzene rings is 3. The summed E-state index contributed by atoms with van der Waals surface area (Å²) < 4.78 is 25.1. The van der Waals surface area contributed by atoms with Gasteiger partial charge in [0.2, 0.25) is 0 Å². The normalized spacial score (nSPS) is 11.3. The number of carbonyl (C=O) groups is 1. The summed E-state index contributed by atoms with van der Waals surface area (Å²) >= 11 is 0. The van der Waals surface area contributed by atoms with Gasteiger partial charge in [0.25, 0.3) is 15.9 Å². The highest BCUT2D eigenvalue weighted by Crippen LogP contribution is 2.20. The molecule has 0 aliphatic carbocycles. The molecule has 7 heteroatoms. The SMILES string of the molecule is O=C(NNS(=O)(=O)c1ccc2ccccc2c1)c1cccc(-c2cccnc2)c1. The molecule has 4 aromatic rings. The molecule has 0 radical (unpaired) electrons. The van der Waals surface area contributed by atoms with Gasteiger partial charge in [-0.25, -0.2) is 8.42 Å². The number of fused-ring (bicyclic) bond motifs is 1. The van der Waals surface area contributed by atoms with Gasteiger partial charge < -0.3 is 0 Å². The van der Waals surface area contributed by atoms with Crippen LogP contribution in [-0.2, 0) is 10.0 Å². The molecule has 0 atom stereocenters. The van der Waals surface area contributed by atoms with Crippen molar-refractivity contribution >= 4 is 26.7 Å². The van der Waals surface area contributed by atoms with E-state index in [-0.39, 0.29) is 4.90 Å². The Morgan fingerprint density at radius 2 is 1.59 bits per heavy atom. The zero-order valence-electron chi connectivity index (χ0n) is 15.2. The maximum Gasteiger partial charge on any atom is 0.266 e. The van der Waals surface area contributed by atoms with Gasteiger partial charge >= 0.3 is 0 Å². The number of aromatic nitrogens is 1. The van der Waals surface area contributed by atoms with Crippen LogP contribution in [0.5, 0.6) is 0 Å². The first-order valence-corrected chi connectivity index (χ1v) is 10.3. The Bertz CT molecular complexity index is 1290. The largest absolute Gasteiger partial charge is 0.273 e. The Morgan fingerprint density at radius 3 is 2.38 bits per heavy atom. The van der Waals surface area contributed by atoms with Gasteiger partial charge in [0.15, 0.2) is 0 Å². The van der Waals surface area contributed by atoms with Crippen LogP contribution < -0.4 is 10.3 Å². The van der Waals surface area contributed by atoms with Gasteiger partial charge in [-0.15, -0.1) is 4.83 Å². The Labute approximate surface area is 168 Å². The number of hydrogen-bond acceptors (Lipinski definition) is 4. The molecule has 0 unspecified atom stereocenters. The highest BCUT2D eigenvalue weighted by Gasteiger charge is 2.16. The van der Waals surface area contributed by atoms with Crippen LogP contribution in [0.25, 0.3) is 21.9 Å². The van der Waals surface area contributed by atoms with Crippen molar-refractivity contribution in [2.24, 2.45) is 0 Å². The lowest BCUT2D eigenvalue weighted by Crippen LogP contribution is -2.41. The topological polar surface area (TPSA) is 88.2 Å². The van der Waals surface area contributed by atoms with E-state index in [9.17, 15) is 13.2 Å². The molecule has 0 spiro atoms. The van der Waals surface area contributed by atoms with E-state index in [1.54, 1.807) is 48.8 Å². The summed E-state index contributed by atoms with van der Waals surface area (Å²) in [6.45, 7) is 0. The summed E-state index contributed by atoms with van der Waals surface area (Å²) in [7, 11) is -3.91.